The van der Waals surface area contributed by atoms with Crippen molar-refractivity contribution in [2.45, 2.75) is 37.4 Å². The van der Waals surface area contributed by atoms with E-state index in [0.29, 0.717) is 18.1 Å². The van der Waals surface area contributed by atoms with Crippen molar-refractivity contribution in [3.8, 4) is 0 Å². The summed E-state index contributed by atoms with van der Waals surface area (Å²) in [5.74, 6) is 0. The maximum absolute atomic E-state index is 4.84. The average molecular weight is 316 g/mol. The molecule has 4 heteroatoms. The van der Waals surface area contributed by atoms with Crippen LogP contribution in [0.5, 0.6) is 0 Å². The molecule has 1 aromatic rings. The van der Waals surface area contributed by atoms with E-state index in [1.807, 2.05) is 0 Å². The fourth-order valence-electron chi connectivity index (χ4n) is 3.85. The summed E-state index contributed by atoms with van der Waals surface area (Å²) < 4.78 is 0. The monoisotopic (exact) mass is 316 g/mol. The minimum absolute atomic E-state index is 0.296. The van der Waals surface area contributed by atoms with Crippen LogP contribution in [0.25, 0.3) is 12.2 Å². The number of allylic oxidation sites excluding steroid dienone is 3. The number of hydrogen-bond acceptors (Lipinski definition) is 3. The molecule has 0 spiro atoms. The van der Waals surface area contributed by atoms with E-state index in [4.69, 9.17) is 9.98 Å². The zero-order chi connectivity index (χ0) is 15.9. The minimum atomic E-state index is 0.296. The van der Waals surface area contributed by atoms with Gasteiger partial charge < -0.3 is 10.3 Å². The summed E-state index contributed by atoms with van der Waals surface area (Å²) in [5, 5.41) is 5.87. The Morgan fingerprint density at radius 3 is 2.75 bits per heavy atom. The Morgan fingerprint density at radius 2 is 1.83 bits per heavy atom. The first-order valence-electron chi connectivity index (χ1n) is 8.69. The van der Waals surface area contributed by atoms with Gasteiger partial charge in [-0.1, -0.05) is 6.08 Å². The summed E-state index contributed by atoms with van der Waals surface area (Å²) >= 11 is 0. The fourth-order valence-corrected chi connectivity index (χ4v) is 3.85. The zero-order valence-electron chi connectivity index (χ0n) is 13.4. The third kappa shape index (κ3) is 2.74. The number of aliphatic imine (C=N–C) groups is 2. The molecule has 0 aliphatic carbocycles. The summed E-state index contributed by atoms with van der Waals surface area (Å²) in [6, 6.07) is 5.43. The average Bonchev–Trinajstić information content (AvgIpc) is 3.32. The van der Waals surface area contributed by atoms with E-state index in [0.717, 1.165) is 34.2 Å². The summed E-state index contributed by atoms with van der Waals surface area (Å²) in [6.45, 7) is 0. The second kappa shape index (κ2) is 5.56. The Balaban J connectivity index is 1.58. The second-order valence-corrected chi connectivity index (χ2v) is 6.88. The van der Waals surface area contributed by atoms with Crippen LogP contribution in [0.15, 0.2) is 58.2 Å². The van der Waals surface area contributed by atoms with Gasteiger partial charge in [0.05, 0.1) is 23.2 Å². The van der Waals surface area contributed by atoms with Gasteiger partial charge >= 0.3 is 0 Å². The van der Waals surface area contributed by atoms with Gasteiger partial charge in [0.1, 0.15) is 0 Å². The van der Waals surface area contributed by atoms with Crippen LogP contribution >= 0.6 is 0 Å². The molecule has 3 unspecified atom stereocenters. The Morgan fingerprint density at radius 1 is 0.958 bits per heavy atom. The lowest BCUT2D eigenvalue weighted by atomic mass is 10.1. The zero-order valence-corrected chi connectivity index (χ0v) is 13.4. The van der Waals surface area contributed by atoms with Gasteiger partial charge in [-0.25, -0.2) is 4.99 Å². The van der Waals surface area contributed by atoms with Crippen LogP contribution in [-0.4, -0.2) is 34.5 Å². The highest BCUT2D eigenvalue weighted by atomic mass is 15.0. The second-order valence-electron chi connectivity index (χ2n) is 6.88. The van der Waals surface area contributed by atoms with Crippen molar-refractivity contribution in [1.29, 1.82) is 0 Å². The maximum Gasteiger partial charge on any atom is 0.0705 e. The number of aromatic nitrogens is 1. The van der Waals surface area contributed by atoms with Crippen LogP contribution in [0.1, 0.15) is 19.3 Å². The summed E-state index contributed by atoms with van der Waals surface area (Å²) in [6.07, 6.45) is 18.5. The van der Waals surface area contributed by atoms with Gasteiger partial charge in [-0.05, 0) is 67.9 Å². The molecule has 4 aliphatic rings. The van der Waals surface area contributed by atoms with E-state index >= 15 is 0 Å². The molecule has 0 saturated carbocycles. The molecule has 0 radical (unpaired) electrons. The van der Waals surface area contributed by atoms with Crippen molar-refractivity contribution in [3.63, 3.8) is 0 Å². The number of aromatic amines is 1. The van der Waals surface area contributed by atoms with Crippen molar-refractivity contribution in [2.24, 2.45) is 9.98 Å². The molecule has 5 heterocycles. The van der Waals surface area contributed by atoms with Gasteiger partial charge in [0.15, 0.2) is 0 Å². The quantitative estimate of drug-likeness (QED) is 0.746. The molecule has 1 fully saturated rings. The number of H-pyrrole nitrogens is 1. The number of hydrogen-bond donors (Lipinski definition) is 2. The molecule has 4 nitrogen and oxygen atoms in total. The van der Waals surface area contributed by atoms with E-state index in [-0.39, 0.29) is 0 Å². The highest BCUT2D eigenvalue weighted by Gasteiger charge is 2.25. The van der Waals surface area contributed by atoms with E-state index < -0.39 is 0 Å². The molecule has 0 amide bonds. The van der Waals surface area contributed by atoms with Gasteiger partial charge in [0.25, 0.3) is 0 Å². The van der Waals surface area contributed by atoms with E-state index in [2.05, 4.69) is 65.0 Å². The van der Waals surface area contributed by atoms with Gasteiger partial charge in [-0.3, -0.25) is 4.99 Å². The molecular formula is C20H20N4. The van der Waals surface area contributed by atoms with Gasteiger partial charge in [0, 0.05) is 22.8 Å². The topological polar surface area (TPSA) is 52.5 Å². The predicted molar refractivity (Wildman–Crippen MR) is 98.6 cm³/mol. The van der Waals surface area contributed by atoms with Crippen LogP contribution in [0, 0.1) is 0 Å². The lowest BCUT2D eigenvalue weighted by molar-refractivity contribution is 0.518. The molecule has 3 atom stereocenters. The van der Waals surface area contributed by atoms with Crippen molar-refractivity contribution in [1.82, 2.24) is 10.3 Å². The molecule has 120 valence electrons. The lowest BCUT2D eigenvalue weighted by Crippen LogP contribution is -2.30. The molecule has 0 aromatic carbocycles. The predicted octanol–water partition coefficient (Wildman–Crippen LogP) is 1.37. The first-order chi connectivity index (χ1) is 11.8. The molecule has 8 bridgehead atoms. The first-order valence-corrected chi connectivity index (χ1v) is 8.69. The normalized spacial score (nSPS) is 30.5. The molecule has 1 aromatic heterocycles. The number of nitrogens with zero attached hydrogens (tertiary/aromatic N) is 2. The SMILES string of the molecule is C1=CC2=NC1=CC1CCC(CC3C=CC(=N3)C=c3ccc([nH]3)=C2)N1. The Kier molecular flexibility index (Phi) is 3.23. The van der Waals surface area contributed by atoms with Crippen LogP contribution in [0.4, 0.5) is 0 Å². The van der Waals surface area contributed by atoms with Gasteiger partial charge in [0.2, 0.25) is 0 Å². The number of fused-ring (bicyclic) bond motifs is 6. The Labute approximate surface area is 140 Å². The van der Waals surface area contributed by atoms with Crippen LogP contribution in [-0.2, 0) is 0 Å². The largest absolute Gasteiger partial charge is 0.355 e. The highest BCUT2D eigenvalue weighted by molar-refractivity contribution is 6.19. The van der Waals surface area contributed by atoms with Gasteiger partial charge in [-0.2, -0.15) is 0 Å². The minimum Gasteiger partial charge on any atom is -0.355 e. The standard InChI is InChI=1S/C20H20N4/c1-2-14-10-16-5-6-18(23-16)12-20-8-7-19(24-20)11-17-4-3-15(22-17)9-13(1)21-14/h1-6,9-11,18-21,24H,7-8,12H2. The number of nitrogens with one attached hydrogen (secondary N) is 2. The van der Waals surface area contributed by atoms with Crippen molar-refractivity contribution in [3.05, 3.63) is 58.9 Å². The smallest absolute Gasteiger partial charge is 0.0705 e. The van der Waals surface area contributed by atoms with E-state index in [1.165, 1.54) is 12.8 Å². The van der Waals surface area contributed by atoms with Gasteiger partial charge in [-0.15, -0.1) is 0 Å². The van der Waals surface area contributed by atoms with Crippen LogP contribution in [0.2, 0.25) is 0 Å². The molecule has 4 aliphatic heterocycles. The third-order valence-corrected chi connectivity index (χ3v) is 5.00. The Hall–Kier alpha value is -2.46. The molecule has 24 heavy (non-hydrogen) atoms. The molecule has 1 saturated heterocycles. The highest BCUT2D eigenvalue weighted by Crippen LogP contribution is 2.22. The van der Waals surface area contributed by atoms with Crippen molar-refractivity contribution >= 4 is 23.6 Å². The third-order valence-electron chi connectivity index (χ3n) is 5.00. The first kappa shape index (κ1) is 13.9. The lowest BCUT2D eigenvalue weighted by Gasteiger charge is -2.14. The summed E-state index contributed by atoms with van der Waals surface area (Å²) in [7, 11) is 0. The van der Waals surface area contributed by atoms with Crippen molar-refractivity contribution in [2.75, 3.05) is 0 Å². The maximum atomic E-state index is 4.84. The van der Waals surface area contributed by atoms with Crippen LogP contribution < -0.4 is 16.0 Å². The molecule has 5 rings (SSSR count). The van der Waals surface area contributed by atoms with Crippen LogP contribution in [0.3, 0.4) is 0 Å². The van der Waals surface area contributed by atoms with Crippen molar-refractivity contribution < 1.29 is 0 Å². The number of rotatable bonds is 0. The van der Waals surface area contributed by atoms with E-state index in [1.54, 1.807) is 0 Å². The van der Waals surface area contributed by atoms with E-state index in [9.17, 15) is 0 Å². The summed E-state index contributed by atoms with van der Waals surface area (Å²) in [4.78, 5) is 13.0. The fraction of sp³-hybridized carbons (Fsp3) is 0.300. The summed E-state index contributed by atoms with van der Waals surface area (Å²) in [5.41, 5.74) is 3.11. The molecule has 2 N–H and O–H groups in total. The Bertz CT molecular complexity index is 939. The molecular weight excluding hydrogens is 296 g/mol.